The van der Waals surface area contributed by atoms with Gasteiger partial charge in [0.2, 0.25) is 0 Å². The highest BCUT2D eigenvalue weighted by Gasteiger charge is 2.25. The van der Waals surface area contributed by atoms with Gasteiger partial charge in [-0.15, -0.1) is 0 Å². The van der Waals surface area contributed by atoms with Crippen molar-refractivity contribution in [1.29, 1.82) is 0 Å². The molecule has 2 fully saturated rings. The molecule has 2 aliphatic heterocycles. The van der Waals surface area contributed by atoms with Crippen LogP contribution in [0.3, 0.4) is 0 Å². The average Bonchev–Trinajstić information content (AvgIpc) is 3.93. The Morgan fingerprint density at radius 1 is 0.617 bits per heavy atom. The number of para-hydroxylation sites is 2. The zero-order valence-electron chi connectivity index (χ0n) is 34.1. The Morgan fingerprint density at radius 3 is 1.83 bits per heavy atom. The first-order valence-electron chi connectivity index (χ1n) is 20.9. The molecular formula is C46H52ClN9O4. The molecule has 0 spiro atoms. The number of hydrogen-bond acceptors (Lipinski definition) is 6. The molecule has 5 heterocycles. The molecule has 2 amide bonds. The summed E-state index contributed by atoms with van der Waals surface area (Å²) in [6.07, 6.45) is 3.66. The van der Waals surface area contributed by atoms with Gasteiger partial charge in [0, 0.05) is 85.9 Å². The molecule has 0 bridgehead atoms. The standard InChI is InChI=1S/C24H27N5O2.C22H25ClN4O2/c1-16-6-7-19-17(14-16)15-21(26-19)23(30)25-10-13-28-11-8-18(9-12-28)29-22-5-3-2-4-20(22)27-24(29)31;1-15-2-4-16(5-3-15)21(28)24-10-13-26-11-8-18(9-12-26)27-20-7-6-17(23)14-19(20)25-22(27)29/h2-7,14-15,18,26H,8-13H2,1H3,(H,25,30)(H,27,31);2-7,14,18H,8-13H2,1H3,(H,24,28)(H,25,29). The van der Waals surface area contributed by atoms with Crippen LogP contribution in [0.4, 0.5) is 0 Å². The number of likely N-dealkylation sites (tertiary alicyclic amines) is 2. The molecule has 0 saturated carbocycles. The normalized spacial score (nSPS) is 15.7. The van der Waals surface area contributed by atoms with Crippen molar-refractivity contribution in [1.82, 2.24) is 44.5 Å². The first-order valence-corrected chi connectivity index (χ1v) is 21.2. The third kappa shape index (κ3) is 9.28. The molecule has 2 saturated heterocycles. The molecular weight excluding hydrogens is 778 g/mol. The molecule has 4 aromatic carbocycles. The number of hydrogen-bond donors (Lipinski definition) is 5. The van der Waals surface area contributed by atoms with E-state index < -0.39 is 0 Å². The summed E-state index contributed by atoms with van der Waals surface area (Å²) >= 11 is 6.03. The summed E-state index contributed by atoms with van der Waals surface area (Å²) < 4.78 is 3.77. The number of carbonyl (C=O) groups excluding carboxylic acids is 2. The Balaban J connectivity index is 0.000000167. The van der Waals surface area contributed by atoms with Crippen molar-refractivity contribution in [3.63, 3.8) is 0 Å². The zero-order chi connectivity index (χ0) is 41.8. The molecule has 13 nitrogen and oxygen atoms in total. The summed E-state index contributed by atoms with van der Waals surface area (Å²) in [5.74, 6) is -0.113. The molecule has 3 aromatic heterocycles. The number of aryl methyl sites for hydroxylation is 2. The molecule has 60 heavy (non-hydrogen) atoms. The topological polar surface area (TPSA) is 156 Å². The first-order chi connectivity index (χ1) is 29.1. The quantitative estimate of drug-likeness (QED) is 0.105. The van der Waals surface area contributed by atoms with Crippen molar-refractivity contribution in [3.05, 3.63) is 139 Å². The van der Waals surface area contributed by atoms with Gasteiger partial charge in [-0.25, -0.2) is 9.59 Å². The van der Waals surface area contributed by atoms with E-state index in [1.807, 2.05) is 102 Å². The van der Waals surface area contributed by atoms with Gasteiger partial charge in [0.1, 0.15) is 5.69 Å². The van der Waals surface area contributed by atoms with E-state index in [4.69, 9.17) is 11.6 Å². The van der Waals surface area contributed by atoms with Crippen LogP contribution in [0.15, 0.2) is 101 Å². The molecule has 9 rings (SSSR count). The van der Waals surface area contributed by atoms with Gasteiger partial charge >= 0.3 is 11.4 Å². The Kier molecular flexibility index (Phi) is 12.4. The van der Waals surface area contributed by atoms with Gasteiger partial charge in [0.25, 0.3) is 11.8 Å². The minimum Gasteiger partial charge on any atom is -0.351 e. The Labute approximate surface area is 352 Å². The van der Waals surface area contributed by atoms with Gasteiger partial charge in [-0.1, -0.05) is 53.1 Å². The Bertz CT molecular complexity index is 2730. The summed E-state index contributed by atoms with van der Waals surface area (Å²) in [6, 6.07) is 29.4. The van der Waals surface area contributed by atoms with Gasteiger partial charge in [-0.3, -0.25) is 18.7 Å². The van der Waals surface area contributed by atoms with Crippen LogP contribution in [0.1, 0.15) is 69.7 Å². The van der Waals surface area contributed by atoms with E-state index in [2.05, 4.69) is 41.5 Å². The fraction of sp³-hybridized carbons (Fsp3) is 0.348. The second kappa shape index (κ2) is 18.2. The van der Waals surface area contributed by atoms with E-state index in [9.17, 15) is 19.2 Å². The third-order valence-electron chi connectivity index (χ3n) is 11.9. The highest BCUT2D eigenvalue weighted by molar-refractivity contribution is 6.31. The van der Waals surface area contributed by atoms with Crippen LogP contribution < -0.4 is 22.0 Å². The predicted octanol–water partition coefficient (Wildman–Crippen LogP) is 6.54. The number of fused-ring (bicyclic) bond motifs is 3. The number of benzene rings is 4. The van der Waals surface area contributed by atoms with Crippen molar-refractivity contribution in [3.8, 4) is 0 Å². The van der Waals surface area contributed by atoms with Gasteiger partial charge in [-0.05, 0) is 100 Å². The predicted molar refractivity (Wildman–Crippen MR) is 238 cm³/mol. The van der Waals surface area contributed by atoms with Gasteiger partial charge in [0.15, 0.2) is 0 Å². The highest BCUT2D eigenvalue weighted by atomic mass is 35.5. The molecule has 0 radical (unpaired) electrons. The lowest BCUT2D eigenvalue weighted by Gasteiger charge is -2.32. The van der Waals surface area contributed by atoms with Crippen LogP contribution in [-0.2, 0) is 0 Å². The molecule has 7 aromatic rings. The molecule has 14 heteroatoms. The SMILES string of the molecule is Cc1ccc(C(=O)NCCN2CCC(n3c(=O)[nH]c4cc(Cl)ccc43)CC2)cc1.Cc1ccc2[nH]c(C(=O)NCCN3CCC(n4c(=O)[nH]c5ccccc54)CC3)cc2c1. The summed E-state index contributed by atoms with van der Waals surface area (Å²) in [5, 5.41) is 7.69. The number of amides is 2. The lowest BCUT2D eigenvalue weighted by atomic mass is 10.0. The molecule has 0 aliphatic carbocycles. The first kappa shape index (κ1) is 40.9. The van der Waals surface area contributed by atoms with Crippen LogP contribution >= 0.6 is 11.6 Å². The lowest BCUT2D eigenvalue weighted by Crippen LogP contribution is -2.41. The number of aromatic nitrogens is 5. The summed E-state index contributed by atoms with van der Waals surface area (Å²) in [4.78, 5) is 63.3. The third-order valence-corrected chi connectivity index (χ3v) is 12.1. The van der Waals surface area contributed by atoms with Gasteiger partial charge in [0.05, 0.1) is 22.1 Å². The van der Waals surface area contributed by atoms with Crippen LogP contribution in [0, 0.1) is 13.8 Å². The van der Waals surface area contributed by atoms with Gasteiger partial charge in [-0.2, -0.15) is 0 Å². The Morgan fingerprint density at radius 2 is 1.18 bits per heavy atom. The van der Waals surface area contributed by atoms with Crippen molar-refractivity contribution in [2.75, 3.05) is 52.4 Å². The fourth-order valence-electron chi connectivity index (χ4n) is 8.64. The largest absolute Gasteiger partial charge is 0.351 e. The number of H-pyrrole nitrogens is 3. The maximum absolute atomic E-state index is 12.5. The molecule has 312 valence electrons. The molecule has 2 aliphatic rings. The van der Waals surface area contributed by atoms with Crippen molar-refractivity contribution in [2.24, 2.45) is 0 Å². The number of halogens is 1. The lowest BCUT2D eigenvalue weighted by molar-refractivity contribution is 0.0934. The van der Waals surface area contributed by atoms with Crippen LogP contribution in [0.25, 0.3) is 33.0 Å². The minimum absolute atomic E-state index is 0.0274. The van der Waals surface area contributed by atoms with Gasteiger partial charge < -0.3 is 35.4 Å². The fourth-order valence-corrected chi connectivity index (χ4v) is 8.81. The smallest absolute Gasteiger partial charge is 0.326 e. The van der Waals surface area contributed by atoms with E-state index in [1.54, 1.807) is 6.07 Å². The van der Waals surface area contributed by atoms with Crippen LogP contribution in [0.2, 0.25) is 5.02 Å². The van der Waals surface area contributed by atoms with Crippen molar-refractivity contribution < 1.29 is 9.59 Å². The van der Waals surface area contributed by atoms with E-state index in [0.29, 0.717) is 29.4 Å². The average molecular weight is 830 g/mol. The summed E-state index contributed by atoms with van der Waals surface area (Å²) in [6.45, 7) is 10.5. The maximum atomic E-state index is 12.5. The maximum Gasteiger partial charge on any atom is 0.326 e. The second-order valence-corrected chi connectivity index (χ2v) is 16.5. The number of imidazole rings is 2. The molecule has 0 unspecified atom stereocenters. The van der Waals surface area contributed by atoms with Crippen molar-refractivity contribution in [2.45, 2.75) is 51.6 Å². The number of nitrogens with zero attached hydrogens (tertiary/aromatic N) is 4. The molecule has 5 N–H and O–H groups in total. The van der Waals surface area contributed by atoms with E-state index in [1.165, 1.54) is 5.56 Å². The van der Waals surface area contributed by atoms with Crippen LogP contribution in [0.5, 0.6) is 0 Å². The monoisotopic (exact) mass is 829 g/mol. The second-order valence-electron chi connectivity index (χ2n) is 16.1. The number of nitrogens with one attached hydrogen (secondary N) is 5. The zero-order valence-corrected chi connectivity index (χ0v) is 34.9. The number of piperidine rings is 2. The number of carbonyl (C=O) groups is 2. The number of rotatable bonds is 10. The highest BCUT2D eigenvalue weighted by Crippen LogP contribution is 2.27. The molecule has 0 atom stereocenters. The van der Waals surface area contributed by atoms with E-state index >= 15 is 0 Å². The Hall–Kier alpha value is -5.89. The van der Waals surface area contributed by atoms with Crippen molar-refractivity contribution >= 4 is 56.4 Å². The summed E-state index contributed by atoms with van der Waals surface area (Å²) in [5.41, 5.74) is 8.03. The summed E-state index contributed by atoms with van der Waals surface area (Å²) in [7, 11) is 0. The van der Waals surface area contributed by atoms with E-state index in [-0.39, 0.29) is 35.3 Å². The van der Waals surface area contributed by atoms with E-state index in [0.717, 1.165) is 103 Å². The van der Waals surface area contributed by atoms with Crippen LogP contribution in [-0.4, -0.2) is 98.1 Å². The number of aromatic amines is 3. The minimum atomic E-state index is -0.0777.